The second kappa shape index (κ2) is 9.87. The summed E-state index contributed by atoms with van der Waals surface area (Å²) in [6.45, 7) is 0. The predicted octanol–water partition coefficient (Wildman–Crippen LogP) is 2.69. The van der Waals surface area contributed by atoms with Crippen LogP contribution in [0.25, 0.3) is 0 Å². The monoisotopic (exact) mass is 389 g/mol. The third kappa shape index (κ3) is 8.04. The second-order valence-corrected chi connectivity index (χ2v) is 8.50. The number of carbonyl (C=O) groups excluding carboxylic acids is 1. The number of benzene rings is 2. The third-order valence-corrected chi connectivity index (χ3v) is 5.59. The number of carboxylic acids is 1. The highest BCUT2D eigenvalue weighted by molar-refractivity contribution is 7.92. The van der Waals surface area contributed by atoms with Gasteiger partial charge in [0, 0.05) is 12.1 Å². The summed E-state index contributed by atoms with van der Waals surface area (Å²) >= 11 is 0. The van der Waals surface area contributed by atoms with Crippen molar-refractivity contribution in [3.8, 4) is 0 Å². The molecule has 144 valence electrons. The molecule has 0 saturated carbocycles. The van der Waals surface area contributed by atoms with Crippen LogP contribution in [0, 0.1) is 0 Å². The molecule has 2 aromatic carbocycles. The zero-order valence-corrected chi connectivity index (χ0v) is 15.7. The summed E-state index contributed by atoms with van der Waals surface area (Å²) in [4.78, 5) is 22.6. The zero-order valence-electron chi connectivity index (χ0n) is 14.9. The van der Waals surface area contributed by atoms with Gasteiger partial charge in [-0.15, -0.1) is 0 Å². The highest BCUT2D eigenvalue weighted by Crippen LogP contribution is 2.12. The summed E-state index contributed by atoms with van der Waals surface area (Å²) in [6, 6.07) is 16.3. The lowest BCUT2D eigenvalue weighted by Gasteiger charge is -2.07. The molecule has 0 saturated heterocycles. The van der Waals surface area contributed by atoms with E-state index in [1.54, 1.807) is 24.3 Å². The van der Waals surface area contributed by atoms with Crippen LogP contribution in [0.2, 0.25) is 0 Å². The number of anilines is 1. The molecule has 27 heavy (non-hydrogen) atoms. The predicted molar refractivity (Wildman–Crippen MR) is 104 cm³/mol. The topological polar surface area (TPSA) is 101 Å². The van der Waals surface area contributed by atoms with E-state index in [-0.39, 0.29) is 12.2 Å². The number of rotatable bonds is 10. The standard InChI is InChI=1S/C20H23NO5S/c22-19(21-18-11-8-17(9-12-18)10-13-20(23)24)15-27(25,26)14-4-7-16-5-2-1-3-6-16/h1-3,5-6,8-9,11-12H,4,7,10,13-15H2,(H,21,22)(H,23,24). The Morgan fingerprint density at radius 3 is 2.15 bits per heavy atom. The Bertz CT molecular complexity index is 861. The van der Waals surface area contributed by atoms with E-state index in [0.29, 0.717) is 24.9 Å². The van der Waals surface area contributed by atoms with Crippen LogP contribution in [-0.4, -0.2) is 36.9 Å². The van der Waals surface area contributed by atoms with Gasteiger partial charge in [-0.25, -0.2) is 8.42 Å². The normalized spacial score (nSPS) is 11.1. The van der Waals surface area contributed by atoms with Crippen molar-refractivity contribution in [2.75, 3.05) is 16.8 Å². The van der Waals surface area contributed by atoms with Crippen LogP contribution in [-0.2, 0) is 32.3 Å². The number of carboxylic acid groups (broad SMARTS) is 1. The molecular formula is C20H23NO5S. The van der Waals surface area contributed by atoms with Crippen LogP contribution in [0.15, 0.2) is 54.6 Å². The fourth-order valence-corrected chi connectivity index (χ4v) is 3.82. The van der Waals surface area contributed by atoms with Crippen molar-refractivity contribution < 1.29 is 23.1 Å². The third-order valence-electron chi connectivity index (χ3n) is 3.98. The fourth-order valence-electron chi connectivity index (χ4n) is 2.62. The largest absolute Gasteiger partial charge is 0.481 e. The molecule has 6 nitrogen and oxygen atoms in total. The van der Waals surface area contributed by atoms with Crippen molar-refractivity contribution in [3.63, 3.8) is 0 Å². The summed E-state index contributed by atoms with van der Waals surface area (Å²) in [6.07, 6.45) is 1.56. The number of amides is 1. The van der Waals surface area contributed by atoms with Gasteiger partial charge in [-0.05, 0) is 42.5 Å². The lowest BCUT2D eigenvalue weighted by molar-refractivity contribution is -0.137. The first-order valence-electron chi connectivity index (χ1n) is 8.69. The average molecular weight is 389 g/mol. The first kappa shape index (κ1) is 20.6. The number of aryl methyl sites for hydroxylation is 2. The molecule has 1 amide bonds. The van der Waals surface area contributed by atoms with Crippen molar-refractivity contribution in [3.05, 3.63) is 65.7 Å². The summed E-state index contributed by atoms with van der Waals surface area (Å²) in [5, 5.41) is 11.2. The summed E-state index contributed by atoms with van der Waals surface area (Å²) in [5.74, 6) is -2.04. The van der Waals surface area contributed by atoms with Crippen molar-refractivity contribution in [2.24, 2.45) is 0 Å². The Hall–Kier alpha value is -2.67. The minimum Gasteiger partial charge on any atom is -0.481 e. The van der Waals surface area contributed by atoms with E-state index >= 15 is 0 Å². The molecule has 0 atom stereocenters. The van der Waals surface area contributed by atoms with E-state index < -0.39 is 27.5 Å². The van der Waals surface area contributed by atoms with Crippen molar-refractivity contribution in [2.45, 2.75) is 25.7 Å². The van der Waals surface area contributed by atoms with Crippen LogP contribution >= 0.6 is 0 Å². The number of nitrogens with one attached hydrogen (secondary N) is 1. The van der Waals surface area contributed by atoms with E-state index in [1.807, 2.05) is 30.3 Å². The first-order chi connectivity index (χ1) is 12.8. The Kier molecular flexibility index (Phi) is 7.55. The number of hydrogen-bond acceptors (Lipinski definition) is 4. The Labute approximate surface area is 159 Å². The molecule has 0 aliphatic carbocycles. The summed E-state index contributed by atoms with van der Waals surface area (Å²) < 4.78 is 24.2. The molecular weight excluding hydrogens is 366 g/mol. The van der Waals surface area contributed by atoms with Crippen molar-refractivity contribution in [1.82, 2.24) is 0 Å². The maximum Gasteiger partial charge on any atom is 0.303 e. The van der Waals surface area contributed by atoms with Crippen LogP contribution in [0.5, 0.6) is 0 Å². The molecule has 0 aliphatic heterocycles. The molecule has 7 heteroatoms. The van der Waals surface area contributed by atoms with Gasteiger partial charge in [-0.1, -0.05) is 42.5 Å². The lowest BCUT2D eigenvalue weighted by Crippen LogP contribution is -2.24. The van der Waals surface area contributed by atoms with E-state index in [4.69, 9.17) is 5.11 Å². The number of sulfone groups is 1. The zero-order chi connectivity index (χ0) is 19.7. The highest BCUT2D eigenvalue weighted by atomic mass is 32.2. The minimum absolute atomic E-state index is 0.0347. The van der Waals surface area contributed by atoms with Crippen LogP contribution in [0.1, 0.15) is 24.0 Å². The van der Waals surface area contributed by atoms with E-state index in [1.165, 1.54) is 0 Å². The Morgan fingerprint density at radius 1 is 0.889 bits per heavy atom. The summed E-state index contributed by atoms with van der Waals surface area (Å²) in [7, 11) is -3.47. The highest BCUT2D eigenvalue weighted by Gasteiger charge is 2.16. The molecule has 0 unspecified atom stereocenters. The number of carbonyl (C=O) groups is 2. The lowest BCUT2D eigenvalue weighted by atomic mass is 10.1. The number of aliphatic carboxylic acids is 1. The fraction of sp³-hybridized carbons (Fsp3) is 0.300. The van der Waals surface area contributed by atoms with Crippen molar-refractivity contribution >= 4 is 27.4 Å². The second-order valence-electron chi connectivity index (χ2n) is 6.32. The van der Waals surface area contributed by atoms with Gasteiger partial charge < -0.3 is 10.4 Å². The number of hydrogen-bond donors (Lipinski definition) is 2. The molecule has 2 rings (SSSR count). The molecule has 0 bridgehead atoms. The van der Waals surface area contributed by atoms with Crippen LogP contribution in [0.4, 0.5) is 5.69 Å². The molecule has 0 fully saturated rings. The molecule has 0 spiro atoms. The van der Waals surface area contributed by atoms with Gasteiger partial charge in [0.25, 0.3) is 0 Å². The first-order valence-corrected chi connectivity index (χ1v) is 10.5. The molecule has 2 N–H and O–H groups in total. The smallest absolute Gasteiger partial charge is 0.303 e. The molecule has 0 radical (unpaired) electrons. The van der Waals surface area contributed by atoms with Gasteiger partial charge in [0.05, 0.1) is 5.75 Å². The molecule has 0 aromatic heterocycles. The maximum atomic E-state index is 12.1. The molecule has 0 aliphatic rings. The van der Waals surface area contributed by atoms with Crippen LogP contribution in [0.3, 0.4) is 0 Å². The van der Waals surface area contributed by atoms with Gasteiger partial charge in [-0.3, -0.25) is 9.59 Å². The van der Waals surface area contributed by atoms with E-state index in [0.717, 1.165) is 11.1 Å². The van der Waals surface area contributed by atoms with Gasteiger partial charge in [-0.2, -0.15) is 0 Å². The van der Waals surface area contributed by atoms with Gasteiger partial charge in [0.2, 0.25) is 5.91 Å². The van der Waals surface area contributed by atoms with Crippen molar-refractivity contribution in [1.29, 1.82) is 0 Å². The van der Waals surface area contributed by atoms with E-state index in [2.05, 4.69) is 5.32 Å². The van der Waals surface area contributed by atoms with E-state index in [9.17, 15) is 18.0 Å². The Balaban J connectivity index is 1.78. The Morgan fingerprint density at radius 2 is 1.52 bits per heavy atom. The minimum atomic E-state index is -3.47. The van der Waals surface area contributed by atoms with Gasteiger partial charge in [0.1, 0.15) is 5.75 Å². The molecule has 0 heterocycles. The maximum absolute atomic E-state index is 12.1. The average Bonchev–Trinajstić information content (AvgIpc) is 2.61. The van der Waals surface area contributed by atoms with Crippen LogP contribution < -0.4 is 5.32 Å². The summed E-state index contributed by atoms with van der Waals surface area (Å²) in [5.41, 5.74) is 2.39. The van der Waals surface area contributed by atoms with Gasteiger partial charge in [0.15, 0.2) is 9.84 Å². The molecule has 2 aromatic rings. The quantitative estimate of drug-likeness (QED) is 0.651. The van der Waals surface area contributed by atoms with Gasteiger partial charge >= 0.3 is 5.97 Å². The SMILES string of the molecule is O=C(O)CCc1ccc(NC(=O)CS(=O)(=O)CCCc2ccccc2)cc1.